The van der Waals surface area contributed by atoms with E-state index in [4.69, 9.17) is 40.3 Å². The van der Waals surface area contributed by atoms with Gasteiger partial charge in [-0.15, -0.1) is 5.10 Å². The number of nitrogens with zero attached hydrogens (tertiary/aromatic N) is 8. The van der Waals surface area contributed by atoms with Crippen molar-refractivity contribution in [3.63, 3.8) is 0 Å². The highest BCUT2D eigenvalue weighted by Gasteiger charge is 2.53. The van der Waals surface area contributed by atoms with Crippen molar-refractivity contribution in [1.82, 2.24) is 44.5 Å². The molecular formula is C53H66ClF5N10O11S. The molecule has 28 heteroatoms. The second kappa shape index (κ2) is 31.3. The number of aromatic nitrogens is 6. The number of likely N-dealkylation sites (tertiary alicyclic amines) is 1. The number of nitrogens with one attached hydrogen (secondary N) is 2. The summed E-state index contributed by atoms with van der Waals surface area (Å²) in [4.78, 5) is 64.5. The first kappa shape index (κ1) is 62.4. The van der Waals surface area contributed by atoms with Gasteiger partial charge in [0.25, 0.3) is 0 Å². The Morgan fingerprint density at radius 1 is 0.864 bits per heavy atom. The summed E-state index contributed by atoms with van der Waals surface area (Å²) in [5.41, 5.74) is 2.99. The van der Waals surface area contributed by atoms with Crippen molar-refractivity contribution in [2.45, 2.75) is 95.9 Å². The molecule has 0 bridgehead atoms. The molecule has 2 aliphatic heterocycles. The average Bonchev–Trinajstić information content (AvgIpc) is 2.94. The number of hydrogen-bond donors (Lipinski definition) is 2. The van der Waals surface area contributed by atoms with Gasteiger partial charge >= 0.3 is 12.1 Å². The van der Waals surface area contributed by atoms with Crippen molar-refractivity contribution in [2.75, 3.05) is 96.4 Å². The van der Waals surface area contributed by atoms with E-state index in [1.165, 1.54) is 0 Å². The number of hydrogen-bond acceptors (Lipinski definition) is 15. The predicted molar refractivity (Wildman–Crippen MR) is 285 cm³/mol. The van der Waals surface area contributed by atoms with Crippen LogP contribution in [0.15, 0.2) is 48.9 Å². The summed E-state index contributed by atoms with van der Waals surface area (Å²) < 4.78 is 118. The van der Waals surface area contributed by atoms with Crippen molar-refractivity contribution in [3.05, 3.63) is 94.3 Å². The maximum atomic E-state index is 14.5. The Labute approximate surface area is 472 Å². The number of ether oxygens (including phenoxy) is 6. The molecule has 5 aromatic rings. The van der Waals surface area contributed by atoms with Crippen LogP contribution in [0.3, 0.4) is 0 Å². The summed E-state index contributed by atoms with van der Waals surface area (Å²) in [6, 6.07) is 7.31. The van der Waals surface area contributed by atoms with E-state index in [1.807, 2.05) is 22.9 Å². The summed E-state index contributed by atoms with van der Waals surface area (Å²) in [5, 5.41) is 11.7. The van der Waals surface area contributed by atoms with E-state index in [9.17, 15) is 45.3 Å². The molecule has 2 aliphatic rings. The molecule has 1 spiro atoms. The number of amides is 3. The highest BCUT2D eigenvalue weighted by Crippen LogP contribution is 2.48. The van der Waals surface area contributed by atoms with Gasteiger partial charge in [0.1, 0.15) is 11.9 Å². The van der Waals surface area contributed by atoms with Crippen LogP contribution in [0.25, 0.3) is 11.0 Å². The van der Waals surface area contributed by atoms with Crippen molar-refractivity contribution >= 4 is 63.2 Å². The number of anilines is 1. The fraction of sp³-hybridized carbons (Fsp3) is 0.547. The number of pyridine rings is 1. The number of carbonyl (C=O) groups excluding carboxylic acids is 4. The standard InChI is InChI=1S/C53H66ClF5N10O11S/c1-36(79-52(73)66-18-12-53(13-19-66)39-9-16-60-33-44(39)69(51(53)72)35-45-63-42-30-37(54)7-8-43(42)68(45)17-5-3-14-55)32-62-81(74)29-11-46(70)61-15-4-2-6-38-34-67(65-64-38)20-22-76-24-26-78-28-27-77-25-23-75-21-10-47(71)80-50-48(58)40(56)31-41(57)49(50)59/h7-9,16,30-31,33-34,36,62H,2-6,10-15,17-29,32,35H2,1H3,(H,61,70). The average molecular weight is 1180 g/mol. The van der Waals surface area contributed by atoms with E-state index in [0.29, 0.717) is 107 Å². The maximum Gasteiger partial charge on any atom is 0.410 e. The minimum absolute atomic E-state index is 0.00874. The molecule has 3 amide bonds. The predicted octanol–water partition coefficient (Wildman–Crippen LogP) is 6.23. The SMILES string of the molecule is CC(CNS(=O)CCC(=O)NCCCCc1cn(CCOCCOCCOCCOCCC(=O)Oc2c(F)c(F)cc(F)c2F)nn1)OC(=O)N1CCC2(CC1)C(=O)N(Cc1nc3cc(Cl)ccc3n1CCCCF)c1cnccc12. The molecule has 21 nitrogen and oxygen atoms in total. The van der Waals surface area contributed by atoms with E-state index in [1.54, 1.807) is 45.9 Å². The molecule has 0 aliphatic carbocycles. The minimum atomic E-state index is -1.81. The number of esters is 1. The van der Waals surface area contributed by atoms with Crippen LogP contribution in [-0.2, 0) is 80.5 Å². The summed E-state index contributed by atoms with van der Waals surface area (Å²) in [6.45, 7) is 5.23. The lowest BCUT2D eigenvalue weighted by molar-refractivity contribution is -0.136. The lowest BCUT2D eigenvalue weighted by Gasteiger charge is -2.38. The molecular weight excluding hydrogens is 1120 g/mol. The lowest BCUT2D eigenvalue weighted by atomic mass is 9.74. The van der Waals surface area contributed by atoms with E-state index in [2.05, 4.69) is 30.1 Å². The molecule has 1 fully saturated rings. The van der Waals surface area contributed by atoms with Gasteiger partial charge < -0.3 is 48.1 Å². The van der Waals surface area contributed by atoms with Crippen molar-refractivity contribution in [2.24, 2.45) is 0 Å². The number of fused-ring (bicyclic) bond motifs is 3. The Bertz CT molecular complexity index is 2910. The first-order valence-electron chi connectivity index (χ1n) is 26.7. The zero-order valence-electron chi connectivity index (χ0n) is 44.8. The number of rotatable bonds is 34. The van der Waals surface area contributed by atoms with E-state index < -0.39 is 76.7 Å². The normalized spacial score (nSPS) is 14.7. The molecule has 2 atom stereocenters. The fourth-order valence-corrected chi connectivity index (χ4v) is 10.3. The van der Waals surface area contributed by atoms with Gasteiger partial charge in [-0.3, -0.25) is 23.8 Å². The second-order valence-electron chi connectivity index (χ2n) is 19.2. The van der Waals surface area contributed by atoms with Crippen LogP contribution in [0.1, 0.15) is 75.4 Å². The number of carbonyl (C=O) groups is 4. The lowest BCUT2D eigenvalue weighted by Crippen LogP contribution is -2.50. The van der Waals surface area contributed by atoms with Crippen LogP contribution in [0.2, 0.25) is 5.02 Å². The van der Waals surface area contributed by atoms with Crippen LogP contribution in [0, 0.1) is 23.3 Å². The van der Waals surface area contributed by atoms with Crippen LogP contribution in [0.4, 0.5) is 32.4 Å². The Hall–Kier alpha value is -6.23. The molecule has 81 heavy (non-hydrogen) atoms. The molecule has 2 aromatic carbocycles. The first-order chi connectivity index (χ1) is 39.2. The van der Waals surface area contributed by atoms with E-state index >= 15 is 0 Å². The Balaban J connectivity index is 0.678. The summed E-state index contributed by atoms with van der Waals surface area (Å²) in [7, 11) is -1.55. The quantitative estimate of drug-likeness (QED) is 0.0153. The molecule has 0 radical (unpaired) electrons. The largest absolute Gasteiger partial charge is 0.445 e. The zero-order valence-corrected chi connectivity index (χ0v) is 46.4. The summed E-state index contributed by atoms with van der Waals surface area (Å²) in [6.07, 6.45) is 7.49. The second-order valence-corrected chi connectivity index (χ2v) is 21.0. The molecule has 2 N–H and O–H groups in total. The number of aryl methyl sites for hydroxylation is 2. The fourth-order valence-electron chi connectivity index (χ4n) is 9.18. The number of unbranched alkanes of at least 4 members (excludes halogenated alkanes) is 2. The molecule has 442 valence electrons. The van der Waals surface area contributed by atoms with E-state index in [0.717, 1.165) is 23.2 Å². The number of alkyl halides is 1. The van der Waals surface area contributed by atoms with Crippen molar-refractivity contribution in [1.29, 1.82) is 0 Å². The van der Waals surface area contributed by atoms with Crippen LogP contribution in [-0.4, -0.2) is 160 Å². The number of imidazole rings is 1. The molecule has 7 rings (SSSR count). The molecule has 3 aromatic heterocycles. The van der Waals surface area contributed by atoms with Crippen LogP contribution in [0.5, 0.6) is 5.75 Å². The number of piperidine rings is 1. The van der Waals surface area contributed by atoms with Gasteiger partial charge in [-0.2, -0.15) is 8.78 Å². The Morgan fingerprint density at radius 3 is 2.28 bits per heavy atom. The smallest absolute Gasteiger partial charge is 0.410 e. The van der Waals surface area contributed by atoms with Gasteiger partial charge in [0.05, 0.1) is 124 Å². The monoisotopic (exact) mass is 1180 g/mol. The summed E-state index contributed by atoms with van der Waals surface area (Å²) in [5.74, 6) is -9.20. The van der Waals surface area contributed by atoms with Crippen LogP contribution < -0.4 is 19.7 Å². The minimum Gasteiger partial charge on any atom is -0.445 e. The number of benzene rings is 2. The van der Waals surface area contributed by atoms with Crippen molar-refractivity contribution < 1.29 is 73.8 Å². The molecule has 5 heterocycles. The third-order valence-corrected chi connectivity index (χ3v) is 14.7. The highest BCUT2D eigenvalue weighted by atomic mass is 35.5. The maximum absolute atomic E-state index is 14.5. The van der Waals surface area contributed by atoms with Gasteiger partial charge in [-0.25, -0.2) is 32.2 Å². The molecule has 2 unspecified atom stereocenters. The van der Waals surface area contributed by atoms with Crippen LogP contribution >= 0.6 is 11.6 Å². The van der Waals surface area contributed by atoms with Crippen molar-refractivity contribution in [3.8, 4) is 5.75 Å². The molecule has 1 saturated heterocycles. The third-order valence-electron chi connectivity index (χ3n) is 13.4. The third kappa shape index (κ3) is 17.6. The van der Waals surface area contributed by atoms with Gasteiger partial charge in [0, 0.05) is 68.4 Å². The Morgan fingerprint density at radius 2 is 1.57 bits per heavy atom. The first-order valence-corrected chi connectivity index (χ1v) is 28.4. The topological polar surface area (TPSA) is 233 Å². The highest BCUT2D eigenvalue weighted by molar-refractivity contribution is 7.83. The Kier molecular flexibility index (Phi) is 24.1. The van der Waals surface area contributed by atoms with Gasteiger partial charge in [-0.1, -0.05) is 16.8 Å². The van der Waals surface area contributed by atoms with E-state index in [-0.39, 0.29) is 82.7 Å². The number of halogens is 6. The zero-order chi connectivity index (χ0) is 57.7. The van der Waals surface area contributed by atoms with Gasteiger partial charge in [0.2, 0.25) is 29.2 Å². The molecule has 0 saturated carbocycles. The van der Waals surface area contributed by atoms with Gasteiger partial charge in [-0.05, 0) is 81.7 Å². The van der Waals surface area contributed by atoms with Gasteiger partial charge in [0.15, 0.2) is 11.6 Å². The summed E-state index contributed by atoms with van der Waals surface area (Å²) >= 11 is 6.29.